The molecule has 4 rings (SSSR count). The summed E-state index contributed by atoms with van der Waals surface area (Å²) in [4.78, 5) is 37.9. The number of hydrogen-bond donors (Lipinski definition) is 2. The summed E-state index contributed by atoms with van der Waals surface area (Å²) in [7, 11) is 0. The molecule has 2 fully saturated rings. The number of likely N-dealkylation sites (tertiary alicyclic amines) is 1. The third-order valence-corrected chi connectivity index (χ3v) is 6.87. The van der Waals surface area contributed by atoms with Crippen LogP contribution in [0.3, 0.4) is 0 Å². The molecule has 2 aliphatic heterocycles. The van der Waals surface area contributed by atoms with E-state index in [1.54, 1.807) is 9.80 Å². The number of benzene rings is 2. The van der Waals surface area contributed by atoms with Crippen molar-refractivity contribution in [2.45, 2.75) is 38.0 Å². The minimum Gasteiger partial charge on any atom is -0.441 e. The molecule has 2 aromatic carbocycles. The maximum absolute atomic E-state index is 12.1. The van der Waals surface area contributed by atoms with Gasteiger partial charge in [-0.2, -0.15) is 0 Å². The molecule has 7 nitrogen and oxygen atoms in total. The average molecular weight is 583 g/mol. The van der Waals surface area contributed by atoms with Crippen molar-refractivity contribution < 1.29 is 19.1 Å². The van der Waals surface area contributed by atoms with Crippen molar-refractivity contribution in [3.05, 3.63) is 70.2 Å². The zero-order chi connectivity index (χ0) is 25.3. The quantitative estimate of drug-likeness (QED) is 0.362. The molecule has 35 heavy (non-hydrogen) atoms. The Morgan fingerprint density at radius 3 is 2.40 bits per heavy atom. The minimum atomic E-state index is -0.456. The first-order valence-corrected chi connectivity index (χ1v) is 13.1. The third kappa shape index (κ3) is 8.44. The lowest BCUT2D eigenvalue weighted by atomic mass is 9.91. The Labute approximate surface area is 224 Å². The van der Waals surface area contributed by atoms with Crippen LogP contribution >= 0.6 is 40.2 Å². The van der Waals surface area contributed by atoms with E-state index >= 15 is 0 Å². The summed E-state index contributed by atoms with van der Waals surface area (Å²) in [6.07, 6.45) is 1.44. The van der Waals surface area contributed by atoms with E-state index < -0.39 is 5.60 Å². The van der Waals surface area contributed by atoms with Crippen molar-refractivity contribution in [1.82, 2.24) is 15.1 Å². The smallest absolute Gasteiger partial charge is 0.410 e. The van der Waals surface area contributed by atoms with E-state index in [1.807, 2.05) is 54.6 Å². The summed E-state index contributed by atoms with van der Waals surface area (Å²) in [5, 5.41) is 2.56. The molecular weight excluding hydrogens is 554 g/mol. The minimum absolute atomic E-state index is 0.00106. The van der Waals surface area contributed by atoms with Gasteiger partial charge in [-0.1, -0.05) is 71.0 Å². The van der Waals surface area contributed by atoms with Crippen molar-refractivity contribution >= 4 is 57.4 Å². The second kappa shape index (κ2) is 13.2. The van der Waals surface area contributed by atoms with Crippen LogP contribution in [0.2, 0.25) is 0 Å². The highest BCUT2D eigenvalue weighted by molar-refractivity contribution is 9.10. The fraction of sp³-hybridized carbons (Fsp3) is 0.400. The van der Waals surface area contributed by atoms with Gasteiger partial charge in [0.05, 0.1) is 6.54 Å². The van der Waals surface area contributed by atoms with Crippen molar-refractivity contribution in [1.29, 1.82) is 0 Å². The average Bonchev–Trinajstić information content (AvgIpc) is 3.13. The summed E-state index contributed by atoms with van der Waals surface area (Å²) in [5.74, 6) is 0.375. The lowest BCUT2D eigenvalue weighted by molar-refractivity contribution is -0.120. The monoisotopic (exact) mass is 581 g/mol. The Morgan fingerprint density at radius 1 is 1.09 bits per heavy atom. The molecule has 0 bridgehead atoms. The number of alkyl halides is 1. The number of nitrogens with zero attached hydrogens (tertiary/aromatic N) is 2. The van der Waals surface area contributed by atoms with Gasteiger partial charge < -0.3 is 15.0 Å². The van der Waals surface area contributed by atoms with Crippen LogP contribution in [0.5, 0.6) is 0 Å². The molecule has 2 saturated heterocycles. The highest BCUT2D eigenvalue weighted by Gasteiger charge is 2.47. The van der Waals surface area contributed by atoms with Crippen LogP contribution in [-0.4, -0.2) is 58.2 Å². The van der Waals surface area contributed by atoms with Crippen LogP contribution in [0.4, 0.5) is 9.59 Å². The Morgan fingerprint density at radius 2 is 1.77 bits per heavy atom. The molecule has 2 aromatic rings. The molecule has 1 spiro atoms. The molecule has 0 aliphatic carbocycles. The molecule has 0 radical (unpaired) electrons. The first kappa shape index (κ1) is 27.4. The van der Waals surface area contributed by atoms with Gasteiger partial charge in [0.15, 0.2) is 0 Å². The Bertz CT molecular complexity index is 1020. The van der Waals surface area contributed by atoms with Gasteiger partial charge in [0, 0.05) is 55.8 Å². The predicted molar refractivity (Wildman–Crippen MR) is 143 cm³/mol. The van der Waals surface area contributed by atoms with Crippen LogP contribution in [0.25, 0.3) is 0 Å². The number of carbonyl (C=O) groups is 3. The number of ether oxygens (including phenoxy) is 1. The maximum atomic E-state index is 12.1. The molecule has 0 aromatic heterocycles. The van der Waals surface area contributed by atoms with E-state index in [1.165, 1.54) is 0 Å². The van der Waals surface area contributed by atoms with E-state index in [-0.39, 0.29) is 17.2 Å². The summed E-state index contributed by atoms with van der Waals surface area (Å²) < 4.78 is 6.64. The first-order chi connectivity index (χ1) is 16.8. The van der Waals surface area contributed by atoms with Gasteiger partial charge in [0.1, 0.15) is 5.60 Å². The first-order valence-electron chi connectivity index (χ1n) is 11.4. The predicted octanol–water partition coefficient (Wildman–Crippen LogP) is 5.22. The molecule has 0 atom stereocenters. The van der Waals surface area contributed by atoms with Crippen LogP contribution in [0, 0.1) is 0 Å². The summed E-state index contributed by atoms with van der Waals surface area (Å²) in [5.41, 5.74) is 1.71. The molecule has 3 amide bonds. The third-order valence-electron chi connectivity index (χ3n) is 5.90. The SMILES string of the molecule is O=C(CCCl)NCc1ccccc1.O=C(S)N1CCC2(CC1)CN(Cc1cccc(Br)c1)C(=O)O2. The molecular formula is C25H29BrClN3O4S. The number of amides is 3. The fourth-order valence-corrected chi connectivity index (χ4v) is 4.83. The Balaban J connectivity index is 0.000000225. The number of rotatable bonds is 6. The van der Waals surface area contributed by atoms with Crippen molar-refractivity contribution in [3.8, 4) is 0 Å². The largest absolute Gasteiger partial charge is 0.441 e. The van der Waals surface area contributed by atoms with Crippen LogP contribution < -0.4 is 5.32 Å². The second-order valence-corrected chi connectivity index (χ2v) is 10.2. The van der Waals surface area contributed by atoms with Crippen molar-refractivity contribution in [2.24, 2.45) is 0 Å². The standard InChI is InChI=1S/C15H17BrN2O3S.C10H12ClNO/c16-12-3-1-2-11(8-12)9-18-10-15(21-13(18)19)4-6-17(7-5-15)14(20)22;11-7-6-10(13)12-8-9-4-2-1-3-5-9/h1-3,8H,4-7,9-10H2,(H,20,22);1-5H,6-8H2,(H,12,13). The van der Waals surface area contributed by atoms with Gasteiger partial charge in [-0.15, -0.1) is 11.6 Å². The highest BCUT2D eigenvalue weighted by atomic mass is 79.9. The summed E-state index contributed by atoms with van der Waals surface area (Å²) >= 11 is 12.7. The van der Waals surface area contributed by atoms with Crippen LogP contribution in [0.15, 0.2) is 59.1 Å². The van der Waals surface area contributed by atoms with Gasteiger partial charge in [-0.05, 0) is 23.3 Å². The van der Waals surface area contributed by atoms with Gasteiger partial charge in [-0.3, -0.25) is 14.5 Å². The van der Waals surface area contributed by atoms with Gasteiger partial charge >= 0.3 is 6.09 Å². The van der Waals surface area contributed by atoms with E-state index in [0.29, 0.717) is 57.9 Å². The number of carbonyl (C=O) groups excluding carboxylic acids is 3. The van der Waals surface area contributed by atoms with Crippen LogP contribution in [-0.2, 0) is 22.6 Å². The highest BCUT2D eigenvalue weighted by Crippen LogP contribution is 2.34. The molecule has 1 N–H and O–H groups in total. The molecule has 10 heteroatoms. The number of halogens is 2. The second-order valence-electron chi connectivity index (χ2n) is 8.51. The summed E-state index contributed by atoms with van der Waals surface area (Å²) in [6, 6.07) is 17.7. The van der Waals surface area contributed by atoms with Crippen molar-refractivity contribution in [2.75, 3.05) is 25.5 Å². The van der Waals surface area contributed by atoms with E-state index in [9.17, 15) is 14.4 Å². The molecule has 0 unspecified atom stereocenters. The summed E-state index contributed by atoms with van der Waals surface area (Å²) in [6.45, 7) is 2.86. The van der Waals surface area contributed by atoms with E-state index in [2.05, 4.69) is 33.9 Å². The zero-order valence-corrected chi connectivity index (χ0v) is 22.5. The lowest BCUT2D eigenvalue weighted by Gasteiger charge is -2.36. The molecule has 2 heterocycles. The van der Waals surface area contributed by atoms with Crippen molar-refractivity contribution in [3.63, 3.8) is 0 Å². The zero-order valence-electron chi connectivity index (χ0n) is 19.3. The number of piperidine rings is 1. The number of nitrogens with one attached hydrogen (secondary N) is 1. The topological polar surface area (TPSA) is 79.0 Å². The Hall–Kier alpha value is -2.23. The van der Waals surface area contributed by atoms with E-state index in [4.69, 9.17) is 16.3 Å². The Kier molecular flexibility index (Phi) is 10.3. The molecule has 2 aliphatic rings. The van der Waals surface area contributed by atoms with Crippen LogP contribution in [0.1, 0.15) is 30.4 Å². The van der Waals surface area contributed by atoms with Gasteiger partial charge in [0.2, 0.25) is 5.91 Å². The maximum Gasteiger partial charge on any atom is 0.410 e. The van der Waals surface area contributed by atoms with Gasteiger partial charge in [0.25, 0.3) is 5.24 Å². The van der Waals surface area contributed by atoms with Gasteiger partial charge in [-0.25, -0.2) is 4.79 Å². The lowest BCUT2D eigenvalue weighted by Crippen LogP contribution is -2.47. The number of thiol groups is 1. The molecule has 0 saturated carbocycles. The van der Waals surface area contributed by atoms with E-state index in [0.717, 1.165) is 15.6 Å². The molecule has 188 valence electrons. The normalized spacial score (nSPS) is 16.4. The number of hydrogen-bond acceptors (Lipinski definition) is 4. The fourth-order valence-electron chi connectivity index (χ4n) is 4.01.